The van der Waals surface area contributed by atoms with Gasteiger partial charge in [0, 0.05) is 54.7 Å². The van der Waals surface area contributed by atoms with Gasteiger partial charge in [-0.25, -0.2) is 22.0 Å². The highest BCUT2D eigenvalue weighted by atomic mass is 19.2. The number of piperazine rings is 1. The summed E-state index contributed by atoms with van der Waals surface area (Å²) in [6.45, 7) is 2.02. The standard InChI is InChI=1S/C24H19F5N4O3/c1-13-16(3-2-4-17(13)33(35)36)24(34)30-14-5-7-15(8-6-14)31-9-11-32(12-10-31)23-21(28)19(26)18(25)20(27)22(23)29/h2-8H,9-12H2,1H3,(H,30,34). The van der Waals surface area contributed by atoms with Crippen molar-refractivity contribution >= 4 is 28.7 Å². The summed E-state index contributed by atoms with van der Waals surface area (Å²) in [5.41, 5.74) is 0.454. The average molecular weight is 506 g/mol. The molecule has 0 bridgehead atoms. The van der Waals surface area contributed by atoms with Crippen LogP contribution in [0.5, 0.6) is 0 Å². The van der Waals surface area contributed by atoms with Crippen LogP contribution < -0.4 is 15.1 Å². The molecule has 1 amide bonds. The molecule has 0 unspecified atom stereocenters. The summed E-state index contributed by atoms with van der Waals surface area (Å²) in [7, 11) is 0. The second-order valence-corrected chi connectivity index (χ2v) is 8.10. The van der Waals surface area contributed by atoms with E-state index in [1.165, 1.54) is 25.1 Å². The summed E-state index contributed by atoms with van der Waals surface area (Å²) in [5.74, 6) is -10.4. The summed E-state index contributed by atoms with van der Waals surface area (Å²) in [4.78, 5) is 26.1. The molecule has 1 fully saturated rings. The van der Waals surface area contributed by atoms with Crippen LogP contribution in [0.2, 0.25) is 0 Å². The number of hydrogen-bond donors (Lipinski definition) is 1. The van der Waals surface area contributed by atoms with Crippen molar-refractivity contribution in [2.24, 2.45) is 0 Å². The monoisotopic (exact) mass is 506 g/mol. The maximum absolute atomic E-state index is 14.1. The van der Waals surface area contributed by atoms with Crippen LogP contribution in [-0.4, -0.2) is 37.0 Å². The molecular weight excluding hydrogens is 487 g/mol. The number of halogens is 5. The van der Waals surface area contributed by atoms with Crippen LogP contribution in [0.4, 0.5) is 44.7 Å². The minimum Gasteiger partial charge on any atom is -0.368 e. The molecule has 1 saturated heterocycles. The molecule has 0 spiro atoms. The summed E-state index contributed by atoms with van der Waals surface area (Å²) in [6.07, 6.45) is 0. The molecule has 188 valence electrons. The maximum Gasteiger partial charge on any atom is 0.273 e. The van der Waals surface area contributed by atoms with Crippen LogP contribution in [0.1, 0.15) is 15.9 Å². The number of amides is 1. The highest BCUT2D eigenvalue weighted by molar-refractivity contribution is 6.05. The molecule has 7 nitrogen and oxygen atoms in total. The first-order chi connectivity index (χ1) is 17.1. The number of nitrogens with zero attached hydrogens (tertiary/aromatic N) is 3. The van der Waals surface area contributed by atoms with Gasteiger partial charge in [0.05, 0.1) is 4.92 Å². The van der Waals surface area contributed by atoms with Crippen LogP contribution in [0.3, 0.4) is 0 Å². The number of rotatable bonds is 5. The second-order valence-electron chi connectivity index (χ2n) is 8.10. The highest BCUT2D eigenvalue weighted by Gasteiger charge is 2.30. The number of carbonyl (C=O) groups excluding carboxylic acids is 1. The lowest BCUT2D eigenvalue weighted by Gasteiger charge is -2.37. The van der Waals surface area contributed by atoms with Crippen molar-refractivity contribution in [3.63, 3.8) is 0 Å². The lowest BCUT2D eigenvalue weighted by atomic mass is 10.1. The van der Waals surface area contributed by atoms with Crippen molar-refractivity contribution in [2.75, 3.05) is 41.3 Å². The van der Waals surface area contributed by atoms with Crippen LogP contribution in [0.15, 0.2) is 42.5 Å². The van der Waals surface area contributed by atoms with Gasteiger partial charge in [0.1, 0.15) is 5.69 Å². The minimum absolute atomic E-state index is 0.0168. The van der Waals surface area contributed by atoms with Gasteiger partial charge in [0.2, 0.25) is 5.82 Å². The van der Waals surface area contributed by atoms with Crippen LogP contribution >= 0.6 is 0 Å². The molecule has 12 heteroatoms. The van der Waals surface area contributed by atoms with Gasteiger partial charge in [-0.1, -0.05) is 6.07 Å². The third-order valence-electron chi connectivity index (χ3n) is 6.02. The van der Waals surface area contributed by atoms with Crippen LogP contribution in [0.25, 0.3) is 0 Å². The predicted octanol–water partition coefficient (Wildman–Crippen LogP) is 5.18. The van der Waals surface area contributed by atoms with Crippen molar-refractivity contribution < 1.29 is 31.7 Å². The van der Waals surface area contributed by atoms with Crippen molar-refractivity contribution in [1.82, 2.24) is 0 Å². The van der Waals surface area contributed by atoms with Gasteiger partial charge in [-0.2, -0.15) is 0 Å². The van der Waals surface area contributed by atoms with Gasteiger partial charge in [-0.05, 0) is 37.3 Å². The Hall–Kier alpha value is -4.22. The third kappa shape index (κ3) is 4.53. The van der Waals surface area contributed by atoms with E-state index in [9.17, 15) is 36.9 Å². The topological polar surface area (TPSA) is 78.7 Å². The molecule has 1 N–H and O–H groups in total. The quantitative estimate of drug-likeness (QED) is 0.170. The maximum atomic E-state index is 14.1. The molecule has 0 atom stereocenters. The van der Waals surface area contributed by atoms with Crippen molar-refractivity contribution in [1.29, 1.82) is 0 Å². The Balaban J connectivity index is 1.43. The Labute approximate surface area is 201 Å². The van der Waals surface area contributed by atoms with Crippen molar-refractivity contribution in [2.45, 2.75) is 6.92 Å². The second kappa shape index (κ2) is 9.80. The van der Waals surface area contributed by atoms with Gasteiger partial charge in [-0.15, -0.1) is 0 Å². The number of nitro benzene ring substituents is 1. The van der Waals surface area contributed by atoms with Gasteiger partial charge in [-0.3, -0.25) is 14.9 Å². The van der Waals surface area contributed by atoms with E-state index in [1.807, 2.05) is 4.90 Å². The largest absolute Gasteiger partial charge is 0.368 e. The molecule has 4 rings (SSSR count). The fourth-order valence-corrected chi connectivity index (χ4v) is 4.08. The average Bonchev–Trinajstić information content (AvgIpc) is 2.87. The molecule has 0 radical (unpaired) electrons. The molecule has 0 aromatic heterocycles. The molecule has 3 aromatic rings. The molecule has 1 heterocycles. The molecular formula is C24H19F5N4O3. The van der Waals surface area contributed by atoms with E-state index in [2.05, 4.69) is 5.32 Å². The zero-order valence-corrected chi connectivity index (χ0v) is 18.8. The first-order valence-electron chi connectivity index (χ1n) is 10.8. The van der Waals surface area contributed by atoms with Gasteiger partial charge >= 0.3 is 0 Å². The van der Waals surface area contributed by atoms with E-state index in [0.29, 0.717) is 5.69 Å². The van der Waals surface area contributed by atoms with E-state index < -0.39 is 45.6 Å². The first kappa shape index (κ1) is 24.9. The number of carbonyl (C=O) groups is 1. The predicted molar refractivity (Wildman–Crippen MR) is 123 cm³/mol. The van der Waals surface area contributed by atoms with E-state index in [1.54, 1.807) is 24.3 Å². The number of anilines is 3. The SMILES string of the molecule is Cc1c(C(=O)Nc2ccc(N3CCN(c4c(F)c(F)c(F)c(F)c4F)CC3)cc2)cccc1[N+](=O)[O-]. The van der Waals surface area contributed by atoms with E-state index in [4.69, 9.17) is 0 Å². The van der Waals surface area contributed by atoms with Crippen molar-refractivity contribution in [3.05, 3.63) is 92.8 Å². The Morgan fingerprint density at radius 3 is 1.92 bits per heavy atom. The minimum atomic E-state index is -2.19. The molecule has 0 saturated carbocycles. The normalized spacial score (nSPS) is 13.6. The molecule has 36 heavy (non-hydrogen) atoms. The third-order valence-corrected chi connectivity index (χ3v) is 6.02. The Kier molecular flexibility index (Phi) is 6.77. The molecule has 1 aliphatic rings. The molecule has 0 aliphatic carbocycles. The smallest absolute Gasteiger partial charge is 0.273 e. The van der Waals surface area contributed by atoms with E-state index in [0.717, 1.165) is 10.6 Å². The number of hydrogen-bond acceptors (Lipinski definition) is 5. The Morgan fingerprint density at radius 1 is 0.833 bits per heavy atom. The van der Waals surface area contributed by atoms with Gasteiger partial charge in [0.15, 0.2) is 23.3 Å². The van der Waals surface area contributed by atoms with Crippen LogP contribution in [0, 0.1) is 46.1 Å². The van der Waals surface area contributed by atoms with Crippen molar-refractivity contribution in [3.8, 4) is 0 Å². The fraction of sp³-hybridized carbons (Fsp3) is 0.208. The summed E-state index contributed by atoms with van der Waals surface area (Å²) in [6, 6.07) is 10.9. The molecule has 3 aromatic carbocycles. The number of nitrogens with one attached hydrogen (secondary N) is 1. The van der Waals surface area contributed by atoms with Crippen LogP contribution in [-0.2, 0) is 0 Å². The van der Waals surface area contributed by atoms with Gasteiger partial charge in [0.25, 0.3) is 11.6 Å². The summed E-state index contributed by atoms with van der Waals surface area (Å²) < 4.78 is 68.7. The van der Waals surface area contributed by atoms with E-state index >= 15 is 0 Å². The first-order valence-corrected chi connectivity index (χ1v) is 10.8. The van der Waals surface area contributed by atoms with Gasteiger partial charge < -0.3 is 15.1 Å². The lowest BCUT2D eigenvalue weighted by molar-refractivity contribution is -0.385. The zero-order chi connectivity index (χ0) is 26.1. The Morgan fingerprint density at radius 2 is 1.36 bits per heavy atom. The highest BCUT2D eigenvalue weighted by Crippen LogP contribution is 2.31. The zero-order valence-electron chi connectivity index (χ0n) is 18.8. The molecule has 1 aliphatic heterocycles. The lowest BCUT2D eigenvalue weighted by Crippen LogP contribution is -2.47. The number of benzene rings is 3. The summed E-state index contributed by atoms with van der Waals surface area (Å²) in [5, 5.41) is 13.8. The van der Waals surface area contributed by atoms with E-state index in [-0.39, 0.29) is 43.0 Å². The number of nitro groups is 1. The summed E-state index contributed by atoms with van der Waals surface area (Å²) >= 11 is 0. The fourth-order valence-electron chi connectivity index (χ4n) is 4.08. The Bertz CT molecular complexity index is 1310.